The van der Waals surface area contributed by atoms with Crippen LogP contribution in [0.1, 0.15) is 23.8 Å². The highest BCUT2D eigenvalue weighted by atomic mass is 32.2. The first-order valence-electron chi connectivity index (χ1n) is 8.36. The Labute approximate surface area is 161 Å². The van der Waals surface area contributed by atoms with Crippen molar-refractivity contribution < 1.29 is 19.1 Å². The van der Waals surface area contributed by atoms with Gasteiger partial charge in [-0.15, -0.1) is 0 Å². The fraction of sp³-hybridized carbons (Fsp3) is 0.389. The molecule has 0 fully saturated rings. The molecule has 0 aliphatic heterocycles. The number of thioether (sulfide) groups is 1. The quantitative estimate of drug-likeness (QED) is 0.651. The number of nitrogens with zero attached hydrogens (tertiary/aromatic N) is 2. The zero-order chi connectivity index (χ0) is 19.8. The summed E-state index contributed by atoms with van der Waals surface area (Å²) in [6, 6.07) is 5.57. The summed E-state index contributed by atoms with van der Waals surface area (Å²) in [5.41, 5.74) is 1.37. The molecule has 0 aliphatic carbocycles. The van der Waals surface area contributed by atoms with Crippen LogP contribution in [0.4, 0.5) is 0 Å². The molecule has 9 heteroatoms. The molecule has 2 amide bonds. The molecular formula is C18H22N4O4S. The Morgan fingerprint density at radius 3 is 2.56 bits per heavy atom. The lowest BCUT2D eigenvalue weighted by atomic mass is 10.2. The van der Waals surface area contributed by atoms with E-state index < -0.39 is 29.9 Å². The molecule has 0 radical (unpaired) electrons. The summed E-state index contributed by atoms with van der Waals surface area (Å²) < 4.78 is 4.71. The van der Waals surface area contributed by atoms with Crippen molar-refractivity contribution in [2.45, 2.75) is 25.4 Å². The summed E-state index contributed by atoms with van der Waals surface area (Å²) in [5, 5.41) is 5.18. The van der Waals surface area contributed by atoms with Gasteiger partial charge in [-0.25, -0.2) is 9.78 Å². The second-order valence-electron chi connectivity index (χ2n) is 5.80. The molecule has 1 heterocycles. The lowest BCUT2D eigenvalue weighted by Crippen LogP contribution is -2.50. The number of hydrogen-bond donors (Lipinski definition) is 2. The Hall–Kier alpha value is -2.68. The zero-order valence-electron chi connectivity index (χ0n) is 15.4. The molecule has 0 spiro atoms. The van der Waals surface area contributed by atoms with Crippen LogP contribution in [0.15, 0.2) is 30.5 Å². The van der Waals surface area contributed by atoms with Crippen LogP contribution in [-0.4, -0.2) is 59.0 Å². The van der Waals surface area contributed by atoms with E-state index in [1.165, 1.54) is 20.2 Å². The van der Waals surface area contributed by atoms with Gasteiger partial charge in [-0.05, 0) is 37.5 Å². The Balaban J connectivity index is 2.00. The lowest BCUT2D eigenvalue weighted by molar-refractivity contribution is -0.145. The van der Waals surface area contributed by atoms with Gasteiger partial charge in [0, 0.05) is 0 Å². The van der Waals surface area contributed by atoms with Gasteiger partial charge in [-0.1, -0.05) is 12.1 Å². The summed E-state index contributed by atoms with van der Waals surface area (Å²) in [5.74, 6) is -0.826. The number of aromatic nitrogens is 2. The number of amides is 2. The van der Waals surface area contributed by atoms with Gasteiger partial charge in [0.05, 0.1) is 24.3 Å². The molecule has 2 aromatic rings. The van der Waals surface area contributed by atoms with E-state index in [9.17, 15) is 14.4 Å². The molecule has 1 aromatic carbocycles. The maximum atomic E-state index is 12.4. The van der Waals surface area contributed by atoms with Gasteiger partial charge < -0.3 is 15.4 Å². The Kier molecular flexibility index (Phi) is 7.54. The summed E-state index contributed by atoms with van der Waals surface area (Å²) >= 11 is 1.56. The van der Waals surface area contributed by atoms with E-state index in [1.54, 1.807) is 30.0 Å². The van der Waals surface area contributed by atoms with Gasteiger partial charge >= 0.3 is 5.97 Å². The third kappa shape index (κ3) is 5.65. The van der Waals surface area contributed by atoms with Gasteiger partial charge in [-0.2, -0.15) is 11.8 Å². The van der Waals surface area contributed by atoms with Crippen molar-refractivity contribution in [3.63, 3.8) is 0 Å². The highest BCUT2D eigenvalue weighted by molar-refractivity contribution is 7.98. The van der Waals surface area contributed by atoms with Crippen molar-refractivity contribution >= 4 is 40.6 Å². The molecule has 27 heavy (non-hydrogen) atoms. The maximum absolute atomic E-state index is 12.4. The van der Waals surface area contributed by atoms with Crippen LogP contribution >= 0.6 is 11.8 Å². The predicted octanol–water partition coefficient (Wildman–Crippen LogP) is 1.16. The molecule has 144 valence electrons. The van der Waals surface area contributed by atoms with Gasteiger partial charge in [-0.3, -0.25) is 14.6 Å². The summed E-state index contributed by atoms with van der Waals surface area (Å²) in [4.78, 5) is 44.9. The minimum Gasteiger partial charge on any atom is -0.467 e. The van der Waals surface area contributed by atoms with E-state index in [0.717, 1.165) is 0 Å². The topological polar surface area (TPSA) is 110 Å². The second kappa shape index (κ2) is 9.86. The van der Waals surface area contributed by atoms with E-state index in [2.05, 4.69) is 20.6 Å². The van der Waals surface area contributed by atoms with Crippen molar-refractivity contribution in [3.05, 3.63) is 36.2 Å². The number of rotatable bonds is 8. The van der Waals surface area contributed by atoms with Crippen molar-refractivity contribution in [2.75, 3.05) is 19.1 Å². The van der Waals surface area contributed by atoms with Crippen LogP contribution in [0.2, 0.25) is 0 Å². The minimum atomic E-state index is -0.854. The monoisotopic (exact) mass is 390 g/mol. The van der Waals surface area contributed by atoms with Crippen LogP contribution in [0.5, 0.6) is 0 Å². The third-order valence-corrected chi connectivity index (χ3v) is 4.48. The number of carbonyl (C=O) groups is 3. The first kappa shape index (κ1) is 20.6. The summed E-state index contributed by atoms with van der Waals surface area (Å²) in [6.45, 7) is 1.53. The van der Waals surface area contributed by atoms with E-state index in [4.69, 9.17) is 4.74 Å². The molecule has 2 unspecified atom stereocenters. The average molecular weight is 390 g/mol. The van der Waals surface area contributed by atoms with Crippen molar-refractivity contribution in [1.29, 1.82) is 0 Å². The molecule has 2 N–H and O–H groups in total. The molecule has 0 aliphatic rings. The van der Waals surface area contributed by atoms with Gasteiger partial charge in [0.1, 0.15) is 17.8 Å². The number of esters is 1. The van der Waals surface area contributed by atoms with Crippen LogP contribution < -0.4 is 10.6 Å². The Bertz CT molecular complexity index is 830. The summed E-state index contributed by atoms with van der Waals surface area (Å²) in [6.07, 6.45) is 3.71. The largest absolute Gasteiger partial charge is 0.467 e. The maximum Gasteiger partial charge on any atom is 0.328 e. The van der Waals surface area contributed by atoms with E-state index >= 15 is 0 Å². The third-order valence-electron chi connectivity index (χ3n) is 3.83. The van der Waals surface area contributed by atoms with E-state index in [1.807, 2.05) is 12.3 Å². The van der Waals surface area contributed by atoms with Crippen LogP contribution in [0.3, 0.4) is 0 Å². The molecular weight excluding hydrogens is 368 g/mol. The number of ether oxygens (including phenoxy) is 1. The Morgan fingerprint density at radius 2 is 1.89 bits per heavy atom. The first-order chi connectivity index (χ1) is 13.0. The predicted molar refractivity (Wildman–Crippen MR) is 103 cm³/mol. The summed E-state index contributed by atoms with van der Waals surface area (Å²) in [7, 11) is 1.27. The van der Waals surface area contributed by atoms with Gasteiger partial charge in [0.15, 0.2) is 0 Å². The Morgan fingerprint density at radius 1 is 1.19 bits per heavy atom. The number of hydrogen-bond acceptors (Lipinski definition) is 7. The average Bonchev–Trinajstić information content (AvgIpc) is 2.69. The van der Waals surface area contributed by atoms with Crippen molar-refractivity contribution in [1.82, 2.24) is 20.6 Å². The number of fused-ring (bicyclic) bond motifs is 1. The number of benzene rings is 1. The molecule has 2 rings (SSSR count). The van der Waals surface area contributed by atoms with Gasteiger partial charge in [0.25, 0.3) is 5.91 Å². The molecule has 0 saturated heterocycles. The number of nitrogens with one attached hydrogen (secondary N) is 2. The molecule has 0 bridgehead atoms. The molecule has 2 atom stereocenters. The molecule has 1 aromatic heterocycles. The minimum absolute atomic E-state index is 0.111. The SMILES string of the molecule is COC(=O)C(CCSC)NC(=O)C(C)NC(=O)c1cnc2ccccc2n1. The van der Waals surface area contributed by atoms with E-state index in [-0.39, 0.29) is 5.69 Å². The number of methoxy groups -OCH3 is 1. The molecule has 8 nitrogen and oxygen atoms in total. The fourth-order valence-electron chi connectivity index (χ4n) is 2.33. The van der Waals surface area contributed by atoms with Gasteiger partial charge in [0.2, 0.25) is 5.91 Å². The highest BCUT2D eigenvalue weighted by Gasteiger charge is 2.25. The number of carbonyl (C=O) groups excluding carboxylic acids is 3. The van der Waals surface area contributed by atoms with Crippen molar-refractivity contribution in [3.8, 4) is 0 Å². The zero-order valence-corrected chi connectivity index (χ0v) is 16.2. The fourth-order valence-corrected chi connectivity index (χ4v) is 2.80. The first-order valence-corrected chi connectivity index (χ1v) is 9.75. The highest BCUT2D eigenvalue weighted by Crippen LogP contribution is 2.08. The van der Waals surface area contributed by atoms with Crippen molar-refractivity contribution in [2.24, 2.45) is 0 Å². The van der Waals surface area contributed by atoms with Crippen LogP contribution in [0.25, 0.3) is 11.0 Å². The number of para-hydroxylation sites is 2. The van der Waals surface area contributed by atoms with Crippen LogP contribution in [0, 0.1) is 0 Å². The lowest BCUT2D eigenvalue weighted by Gasteiger charge is -2.19. The molecule has 0 saturated carbocycles. The van der Waals surface area contributed by atoms with Crippen LogP contribution in [-0.2, 0) is 14.3 Å². The smallest absolute Gasteiger partial charge is 0.328 e. The van der Waals surface area contributed by atoms with E-state index in [0.29, 0.717) is 23.2 Å². The standard InChI is InChI=1S/C18H22N4O4S/c1-11(16(23)22-14(8-9-27-3)18(25)26-2)20-17(24)15-10-19-12-6-4-5-7-13(12)21-15/h4-7,10-11,14H,8-9H2,1-3H3,(H,20,24)(H,22,23). The normalized spacial score (nSPS) is 12.9. The second-order valence-corrected chi connectivity index (χ2v) is 6.79.